The molecule has 0 aromatic heterocycles. The number of likely N-dealkylation sites (tertiary alicyclic amines) is 1. The van der Waals surface area contributed by atoms with Crippen LogP contribution in [-0.2, 0) is 9.59 Å². The molecule has 5 heteroatoms. The zero-order valence-corrected chi connectivity index (χ0v) is 12.5. The average molecular weight is 284 g/mol. The monoisotopic (exact) mass is 284 g/mol. The molecule has 1 N–H and O–H groups in total. The second-order valence-electron chi connectivity index (χ2n) is 5.70. The molecule has 2 aliphatic rings. The molecule has 2 amide bonds. The number of rotatable bonds is 5. The van der Waals surface area contributed by atoms with E-state index in [-0.39, 0.29) is 17.9 Å². The van der Waals surface area contributed by atoms with Crippen molar-refractivity contribution in [2.45, 2.75) is 44.6 Å². The summed E-state index contributed by atoms with van der Waals surface area (Å²) in [6.07, 6.45) is 8.86. The van der Waals surface area contributed by atoms with Crippen molar-refractivity contribution in [1.29, 1.82) is 0 Å². The second kappa shape index (κ2) is 7.17. The highest BCUT2D eigenvalue weighted by atomic mass is 32.2. The third kappa shape index (κ3) is 4.41. The van der Waals surface area contributed by atoms with E-state index in [4.69, 9.17) is 0 Å². The summed E-state index contributed by atoms with van der Waals surface area (Å²) < 4.78 is 0. The van der Waals surface area contributed by atoms with Crippen LogP contribution >= 0.6 is 11.8 Å². The minimum atomic E-state index is 0.0238. The predicted molar refractivity (Wildman–Crippen MR) is 78.1 cm³/mol. The van der Waals surface area contributed by atoms with Crippen molar-refractivity contribution < 1.29 is 9.59 Å². The molecule has 1 saturated heterocycles. The molecule has 4 nitrogen and oxygen atoms in total. The molecule has 1 aliphatic heterocycles. The highest BCUT2D eigenvalue weighted by Crippen LogP contribution is 2.26. The summed E-state index contributed by atoms with van der Waals surface area (Å²) in [5.41, 5.74) is 0. The van der Waals surface area contributed by atoms with Gasteiger partial charge >= 0.3 is 0 Å². The van der Waals surface area contributed by atoms with Gasteiger partial charge < -0.3 is 10.2 Å². The van der Waals surface area contributed by atoms with Gasteiger partial charge in [-0.15, -0.1) is 0 Å². The maximum absolute atomic E-state index is 12.0. The summed E-state index contributed by atoms with van der Waals surface area (Å²) in [6, 6.07) is 0.0238. The van der Waals surface area contributed by atoms with E-state index in [2.05, 4.69) is 5.32 Å². The predicted octanol–water partition coefficient (Wildman–Crippen LogP) is 1.65. The number of carbonyl (C=O) groups excluding carboxylic acids is 2. The molecule has 19 heavy (non-hydrogen) atoms. The van der Waals surface area contributed by atoms with Gasteiger partial charge in [-0.05, 0) is 25.0 Å². The van der Waals surface area contributed by atoms with Crippen molar-refractivity contribution in [1.82, 2.24) is 10.2 Å². The molecular formula is C14H24N2O2S. The zero-order chi connectivity index (χ0) is 13.7. The number of nitrogens with zero attached hydrogens (tertiary/aromatic N) is 1. The first kappa shape index (κ1) is 14.7. The molecule has 1 aliphatic carbocycles. The van der Waals surface area contributed by atoms with Gasteiger partial charge in [-0.1, -0.05) is 19.3 Å². The van der Waals surface area contributed by atoms with Crippen LogP contribution in [0.4, 0.5) is 0 Å². The van der Waals surface area contributed by atoms with Crippen LogP contribution in [0.2, 0.25) is 0 Å². The molecule has 1 heterocycles. The first-order valence-electron chi connectivity index (χ1n) is 7.25. The summed E-state index contributed by atoms with van der Waals surface area (Å²) in [5, 5.41) is 2.96. The van der Waals surface area contributed by atoms with Gasteiger partial charge in [0.25, 0.3) is 0 Å². The standard InChI is InChI=1S/C14H24N2O2S/c1-19-10-13(17)15-12-7-14(18)16(9-12)8-11-5-3-2-4-6-11/h11-12H,2-10H2,1H3,(H,15,17). The lowest BCUT2D eigenvalue weighted by atomic mass is 9.89. The van der Waals surface area contributed by atoms with Crippen LogP contribution in [0, 0.1) is 5.92 Å². The molecule has 0 bridgehead atoms. The van der Waals surface area contributed by atoms with E-state index >= 15 is 0 Å². The lowest BCUT2D eigenvalue weighted by Gasteiger charge is -2.27. The van der Waals surface area contributed by atoms with Gasteiger partial charge in [0, 0.05) is 19.5 Å². The van der Waals surface area contributed by atoms with E-state index in [0.717, 1.165) is 6.54 Å². The Labute approximate surface area is 119 Å². The van der Waals surface area contributed by atoms with Gasteiger partial charge in [0.1, 0.15) is 0 Å². The number of amides is 2. The Morgan fingerprint density at radius 2 is 2.11 bits per heavy atom. The van der Waals surface area contributed by atoms with Crippen LogP contribution in [0.15, 0.2) is 0 Å². The molecule has 108 valence electrons. The summed E-state index contributed by atoms with van der Waals surface area (Å²) in [6.45, 7) is 1.60. The van der Waals surface area contributed by atoms with Crippen molar-refractivity contribution in [3.63, 3.8) is 0 Å². The molecule has 2 fully saturated rings. The Kier molecular flexibility index (Phi) is 5.55. The lowest BCUT2D eigenvalue weighted by molar-refractivity contribution is -0.128. The molecule has 0 aromatic rings. The maximum atomic E-state index is 12.0. The SMILES string of the molecule is CSCC(=O)NC1CC(=O)N(CC2CCCCC2)C1. The van der Waals surface area contributed by atoms with E-state index in [1.54, 1.807) is 0 Å². The Morgan fingerprint density at radius 3 is 2.79 bits per heavy atom. The topological polar surface area (TPSA) is 49.4 Å². The van der Waals surface area contributed by atoms with Crippen LogP contribution in [0.3, 0.4) is 0 Å². The van der Waals surface area contributed by atoms with Crippen LogP contribution < -0.4 is 5.32 Å². The van der Waals surface area contributed by atoms with E-state index in [1.165, 1.54) is 43.9 Å². The fourth-order valence-electron chi connectivity index (χ4n) is 3.13. The summed E-state index contributed by atoms with van der Waals surface area (Å²) in [5.74, 6) is 1.41. The molecule has 0 aromatic carbocycles. The normalized spacial score (nSPS) is 24.8. The van der Waals surface area contributed by atoms with Crippen molar-refractivity contribution in [2.24, 2.45) is 5.92 Å². The smallest absolute Gasteiger partial charge is 0.230 e. The highest BCUT2D eigenvalue weighted by molar-refractivity contribution is 7.99. The van der Waals surface area contributed by atoms with Gasteiger partial charge in [0.05, 0.1) is 11.8 Å². The fraction of sp³-hybridized carbons (Fsp3) is 0.857. The zero-order valence-electron chi connectivity index (χ0n) is 11.7. The van der Waals surface area contributed by atoms with Crippen molar-refractivity contribution in [3.8, 4) is 0 Å². The average Bonchev–Trinajstić information content (AvgIpc) is 2.71. The van der Waals surface area contributed by atoms with E-state index < -0.39 is 0 Å². The van der Waals surface area contributed by atoms with Crippen molar-refractivity contribution in [2.75, 3.05) is 25.1 Å². The molecular weight excluding hydrogens is 260 g/mol. The van der Waals surface area contributed by atoms with Crippen LogP contribution in [-0.4, -0.2) is 47.9 Å². The summed E-state index contributed by atoms with van der Waals surface area (Å²) >= 11 is 1.51. The second-order valence-corrected chi connectivity index (χ2v) is 6.57. The number of thioether (sulfide) groups is 1. The molecule has 2 rings (SSSR count). The fourth-order valence-corrected chi connectivity index (χ4v) is 3.47. The lowest BCUT2D eigenvalue weighted by Crippen LogP contribution is -2.39. The number of carbonyl (C=O) groups is 2. The van der Waals surface area contributed by atoms with Crippen LogP contribution in [0.5, 0.6) is 0 Å². The number of hydrogen-bond donors (Lipinski definition) is 1. The van der Waals surface area contributed by atoms with Gasteiger partial charge in [-0.2, -0.15) is 11.8 Å². The Morgan fingerprint density at radius 1 is 1.37 bits per heavy atom. The molecule has 0 spiro atoms. The van der Waals surface area contributed by atoms with Gasteiger partial charge in [0.15, 0.2) is 0 Å². The summed E-state index contributed by atoms with van der Waals surface area (Å²) in [4.78, 5) is 25.5. The van der Waals surface area contributed by atoms with Gasteiger partial charge in [-0.25, -0.2) is 0 Å². The number of nitrogens with one attached hydrogen (secondary N) is 1. The van der Waals surface area contributed by atoms with Crippen LogP contribution in [0.25, 0.3) is 0 Å². The first-order valence-corrected chi connectivity index (χ1v) is 8.64. The van der Waals surface area contributed by atoms with Gasteiger partial charge in [-0.3, -0.25) is 9.59 Å². The highest BCUT2D eigenvalue weighted by Gasteiger charge is 2.31. The molecule has 1 unspecified atom stereocenters. The Hall–Kier alpha value is -0.710. The van der Waals surface area contributed by atoms with E-state index in [9.17, 15) is 9.59 Å². The Balaban J connectivity index is 1.76. The summed E-state index contributed by atoms with van der Waals surface area (Å²) in [7, 11) is 0. The Bertz CT molecular complexity index is 329. The van der Waals surface area contributed by atoms with Gasteiger partial charge in [0.2, 0.25) is 11.8 Å². The van der Waals surface area contributed by atoms with Crippen molar-refractivity contribution >= 4 is 23.6 Å². The maximum Gasteiger partial charge on any atom is 0.230 e. The first-order chi connectivity index (χ1) is 9.19. The molecule has 0 radical (unpaired) electrons. The minimum absolute atomic E-state index is 0.0238. The largest absolute Gasteiger partial charge is 0.350 e. The van der Waals surface area contributed by atoms with E-state index in [0.29, 0.717) is 24.6 Å². The quantitative estimate of drug-likeness (QED) is 0.835. The third-order valence-electron chi connectivity index (χ3n) is 4.06. The minimum Gasteiger partial charge on any atom is -0.350 e. The third-order valence-corrected chi connectivity index (χ3v) is 4.61. The van der Waals surface area contributed by atoms with Crippen LogP contribution in [0.1, 0.15) is 38.5 Å². The van der Waals surface area contributed by atoms with E-state index in [1.807, 2.05) is 11.2 Å². The molecule has 1 saturated carbocycles. The molecule has 1 atom stereocenters. The number of hydrogen-bond acceptors (Lipinski definition) is 3. The van der Waals surface area contributed by atoms with Crippen molar-refractivity contribution in [3.05, 3.63) is 0 Å².